The quantitative estimate of drug-likeness (QED) is 0.844. The average molecular weight is 399 g/mol. The van der Waals surface area contributed by atoms with E-state index in [0.717, 1.165) is 41.6 Å². The summed E-state index contributed by atoms with van der Waals surface area (Å²) in [7, 11) is 0. The average Bonchev–Trinajstić information content (AvgIpc) is 3.08. The van der Waals surface area contributed by atoms with Gasteiger partial charge in [-0.25, -0.2) is 14.6 Å². The van der Waals surface area contributed by atoms with Crippen LogP contribution in [0.4, 0.5) is 19.0 Å². The van der Waals surface area contributed by atoms with Gasteiger partial charge in [0.2, 0.25) is 0 Å². The second kappa shape index (κ2) is 7.12. The molecule has 2 atom stereocenters. The topological polar surface area (TPSA) is 81.9 Å². The highest BCUT2D eigenvalue weighted by atomic mass is 32.2. The van der Waals surface area contributed by atoms with Gasteiger partial charge in [0.1, 0.15) is 23.9 Å². The van der Waals surface area contributed by atoms with Crippen LogP contribution in [-0.2, 0) is 23.1 Å². The van der Waals surface area contributed by atoms with Crippen molar-refractivity contribution in [3.05, 3.63) is 45.8 Å². The van der Waals surface area contributed by atoms with E-state index in [4.69, 9.17) is 4.74 Å². The van der Waals surface area contributed by atoms with Gasteiger partial charge in [0, 0.05) is 24.3 Å². The summed E-state index contributed by atoms with van der Waals surface area (Å²) in [6, 6.07) is 1.58. The Morgan fingerprint density at radius 2 is 2.11 bits per heavy atom. The molecule has 0 bridgehead atoms. The number of ether oxygens (including phenoxy) is 1. The predicted octanol–water partition coefficient (Wildman–Crippen LogP) is 1.89. The highest BCUT2D eigenvalue weighted by Crippen LogP contribution is 2.29. The molecule has 2 aromatic heterocycles. The molecule has 2 unspecified atom stereocenters. The third kappa shape index (κ3) is 3.79. The lowest BCUT2D eigenvalue weighted by atomic mass is 10.1. The molecule has 0 radical (unpaired) electrons. The molecule has 4 heterocycles. The molecule has 1 fully saturated rings. The van der Waals surface area contributed by atoms with Gasteiger partial charge in [-0.15, -0.1) is 0 Å². The van der Waals surface area contributed by atoms with E-state index in [1.807, 2.05) is 0 Å². The highest BCUT2D eigenvalue weighted by molar-refractivity contribution is 7.98. The minimum atomic E-state index is -4.56. The van der Waals surface area contributed by atoms with E-state index in [1.54, 1.807) is 17.8 Å². The number of hydrogen-bond acceptors (Lipinski definition) is 7. The van der Waals surface area contributed by atoms with Gasteiger partial charge in [0.05, 0.1) is 24.9 Å². The van der Waals surface area contributed by atoms with Crippen molar-refractivity contribution in [1.82, 2.24) is 19.7 Å². The fraction of sp³-hybridized carbons (Fsp3) is 0.500. The predicted molar refractivity (Wildman–Crippen MR) is 92.7 cm³/mol. The van der Waals surface area contributed by atoms with Gasteiger partial charge in [-0.05, 0) is 11.3 Å². The smallest absolute Gasteiger partial charge is 0.377 e. The van der Waals surface area contributed by atoms with E-state index < -0.39 is 24.0 Å². The Labute approximate surface area is 156 Å². The molecule has 11 heteroatoms. The summed E-state index contributed by atoms with van der Waals surface area (Å²) in [5.74, 6) is 1.74. The Balaban J connectivity index is 1.59. The molecule has 0 saturated carbocycles. The number of rotatable bonds is 3. The molecule has 1 N–H and O–H groups in total. The highest BCUT2D eigenvalue weighted by Gasteiger charge is 2.35. The molecule has 4 rings (SSSR count). The van der Waals surface area contributed by atoms with Crippen LogP contribution >= 0.6 is 11.8 Å². The fourth-order valence-corrected chi connectivity index (χ4v) is 4.12. The van der Waals surface area contributed by atoms with Crippen molar-refractivity contribution in [2.24, 2.45) is 0 Å². The van der Waals surface area contributed by atoms with Crippen LogP contribution in [0.15, 0.2) is 23.3 Å². The van der Waals surface area contributed by atoms with Gasteiger partial charge >= 0.3 is 6.18 Å². The Morgan fingerprint density at radius 1 is 1.26 bits per heavy atom. The number of fused-ring (bicyclic) bond motifs is 1. The van der Waals surface area contributed by atoms with E-state index in [-0.39, 0.29) is 24.6 Å². The lowest BCUT2D eigenvalue weighted by Gasteiger charge is -2.23. The largest absolute Gasteiger partial charge is 0.433 e. The summed E-state index contributed by atoms with van der Waals surface area (Å²) in [6.45, 7) is 0.479. The van der Waals surface area contributed by atoms with Gasteiger partial charge in [-0.2, -0.15) is 30.0 Å². The van der Waals surface area contributed by atoms with Crippen molar-refractivity contribution < 1.29 is 17.9 Å². The first-order chi connectivity index (χ1) is 12.9. The van der Waals surface area contributed by atoms with Gasteiger partial charge in [-0.1, -0.05) is 0 Å². The molecule has 0 spiro atoms. The number of halogens is 3. The Hall–Kier alpha value is -2.14. The minimum Gasteiger partial charge on any atom is -0.377 e. The summed E-state index contributed by atoms with van der Waals surface area (Å²) in [5, 5.41) is 7.43. The van der Waals surface area contributed by atoms with Crippen LogP contribution in [0.1, 0.15) is 23.0 Å². The third-order valence-electron chi connectivity index (χ3n) is 4.52. The molecule has 2 aliphatic heterocycles. The number of nitrogens with one attached hydrogen (secondary N) is 1. The molecule has 0 aromatic carbocycles. The van der Waals surface area contributed by atoms with E-state index in [2.05, 4.69) is 20.4 Å². The maximum Gasteiger partial charge on any atom is 0.433 e. The fourth-order valence-electron chi connectivity index (χ4n) is 3.17. The van der Waals surface area contributed by atoms with Crippen molar-refractivity contribution in [2.75, 3.05) is 24.3 Å². The second-order valence-corrected chi connectivity index (χ2v) is 7.45. The molecule has 1 saturated heterocycles. The first-order valence-corrected chi connectivity index (χ1v) is 9.50. The number of aryl methyl sites for hydroxylation is 1. The Kier molecular flexibility index (Phi) is 4.81. The molecule has 27 heavy (non-hydrogen) atoms. The number of aromatic nitrogens is 4. The van der Waals surface area contributed by atoms with Crippen molar-refractivity contribution in [2.45, 2.75) is 30.4 Å². The van der Waals surface area contributed by atoms with Crippen LogP contribution in [0.3, 0.4) is 0 Å². The third-order valence-corrected chi connectivity index (χ3v) is 5.53. The summed E-state index contributed by atoms with van der Waals surface area (Å²) in [4.78, 5) is 19.6. The summed E-state index contributed by atoms with van der Waals surface area (Å²) in [5.41, 5.74) is 0.566. The SMILES string of the molecule is O=c1cc2c(nn1C1COCC1Nc1cc(C(F)(F)F)ncn1)CCSC2. The van der Waals surface area contributed by atoms with E-state index in [9.17, 15) is 18.0 Å². The van der Waals surface area contributed by atoms with Crippen LogP contribution in [0.2, 0.25) is 0 Å². The number of hydrogen-bond donors (Lipinski definition) is 1. The van der Waals surface area contributed by atoms with Gasteiger partial charge in [0.25, 0.3) is 5.56 Å². The van der Waals surface area contributed by atoms with Crippen LogP contribution < -0.4 is 10.9 Å². The maximum atomic E-state index is 12.8. The van der Waals surface area contributed by atoms with Crippen LogP contribution in [0, 0.1) is 0 Å². The number of thioether (sulfide) groups is 1. The van der Waals surface area contributed by atoms with Crippen molar-refractivity contribution in [1.29, 1.82) is 0 Å². The monoisotopic (exact) mass is 399 g/mol. The van der Waals surface area contributed by atoms with E-state index in [0.29, 0.717) is 0 Å². The summed E-state index contributed by atoms with van der Waals surface area (Å²) >= 11 is 1.76. The first kappa shape index (κ1) is 18.2. The Bertz CT molecular complexity index is 904. The summed E-state index contributed by atoms with van der Waals surface area (Å²) < 4.78 is 45.4. The normalized spacial score (nSPS) is 22.5. The lowest BCUT2D eigenvalue weighted by molar-refractivity contribution is -0.141. The lowest BCUT2D eigenvalue weighted by Crippen LogP contribution is -2.38. The van der Waals surface area contributed by atoms with Crippen LogP contribution in [0.5, 0.6) is 0 Å². The molecule has 144 valence electrons. The molecule has 7 nitrogen and oxygen atoms in total. The molecule has 2 aliphatic rings. The standard InChI is InChI=1S/C16H16F3N5O2S/c17-16(18,19)13-4-14(21-8-20-13)22-11-5-26-6-12(11)24-15(25)3-9-7-27-2-1-10(9)23-24/h3-4,8,11-12H,1-2,5-7H2,(H,20,21,22). The van der Waals surface area contributed by atoms with E-state index in [1.165, 1.54) is 4.68 Å². The molecule has 2 aromatic rings. The minimum absolute atomic E-state index is 0.0280. The molecule has 0 amide bonds. The van der Waals surface area contributed by atoms with Gasteiger partial charge in [-0.3, -0.25) is 4.79 Å². The Morgan fingerprint density at radius 3 is 2.93 bits per heavy atom. The van der Waals surface area contributed by atoms with Crippen molar-refractivity contribution >= 4 is 17.6 Å². The van der Waals surface area contributed by atoms with Crippen molar-refractivity contribution in [3.63, 3.8) is 0 Å². The number of nitrogens with zero attached hydrogens (tertiary/aromatic N) is 4. The van der Waals surface area contributed by atoms with Crippen LogP contribution in [-0.4, -0.2) is 44.8 Å². The zero-order valence-corrected chi connectivity index (χ0v) is 14.9. The number of anilines is 1. The number of alkyl halides is 3. The van der Waals surface area contributed by atoms with E-state index >= 15 is 0 Å². The molecular formula is C16H16F3N5O2S. The van der Waals surface area contributed by atoms with Gasteiger partial charge in [0.15, 0.2) is 0 Å². The molecular weight excluding hydrogens is 383 g/mol. The second-order valence-electron chi connectivity index (χ2n) is 6.34. The maximum absolute atomic E-state index is 12.8. The van der Waals surface area contributed by atoms with Crippen molar-refractivity contribution in [3.8, 4) is 0 Å². The van der Waals surface area contributed by atoms with Crippen LogP contribution in [0.25, 0.3) is 0 Å². The first-order valence-electron chi connectivity index (χ1n) is 8.35. The molecule has 0 aliphatic carbocycles. The van der Waals surface area contributed by atoms with Gasteiger partial charge < -0.3 is 10.1 Å². The zero-order valence-electron chi connectivity index (χ0n) is 14.1. The summed E-state index contributed by atoms with van der Waals surface area (Å²) in [6.07, 6.45) is -2.91. The zero-order chi connectivity index (χ0) is 19.0.